The van der Waals surface area contributed by atoms with E-state index in [1.54, 1.807) is 13.1 Å². The number of thioether (sulfide) groups is 1. The average molecular weight is 265 g/mol. The number of carbonyl (C=O) groups is 1. The van der Waals surface area contributed by atoms with Crippen LogP contribution >= 0.6 is 11.8 Å². The van der Waals surface area contributed by atoms with Crippen LogP contribution in [0.15, 0.2) is 18.2 Å². The van der Waals surface area contributed by atoms with Crippen molar-refractivity contribution in [3.8, 4) is 0 Å². The van der Waals surface area contributed by atoms with Crippen molar-refractivity contribution in [2.45, 2.75) is 24.5 Å². The summed E-state index contributed by atoms with van der Waals surface area (Å²) in [4.78, 5) is 16.2. The average Bonchev–Trinajstić information content (AvgIpc) is 2.46. The molecule has 1 amide bonds. The van der Waals surface area contributed by atoms with Crippen LogP contribution in [-0.4, -0.2) is 35.5 Å². The lowest BCUT2D eigenvalue weighted by atomic mass is 10.2. The summed E-state index contributed by atoms with van der Waals surface area (Å²) in [6.07, 6.45) is 3.79. The fraction of sp³-hybridized carbons (Fsp3) is 0.538. The van der Waals surface area contributed by atoms with E-state index in [1.165, 1.54) is 25.0 Å². The van der Waals surface area contributed by atoms with Gasteiger partial charge < -0.3 is 10.6 Å². The minimum atomic E-state index is -0.0849. The number of hydrogen-bond acceptors (Lipinski definition) is 4. The topological polar surface area (TPSA) is 54.0 Å². The minimum Gasteiger partial charge on any atom is -0.373 e. The van der Waals surface area contributed by atoms with Gasteiger partial charge in [-0.15, -0.1) is 0 Å². The fourth-order valence-electron chi connectivity index (χ4n) is 1.97. The molecular formula is C13H19N3OS. The van der Waals surface area contributed by atoms with Gasteiger partial charge in [-0.2, -0.15) is 11.8 Å². The van der Waals surface area contributed by atoms with E-state index in [9.17, 15) is 4.79 Å². The van der Waals surface area contributed by atoms with Gasteiger partial charge in [0.1, 0.15) is 11.5 Å². The number of nitrogens with zero attached hydrogens (tertiary/aromatic N) is 1. The maximum Gasteiger partial charge on any atom is 0.270 e. The van der Waals surface area contributed by atoms with E-state index in [1.807, 2.05) is 23.9 Å². The summed E-state index contributed by atoms with van der Waals surface area (Å²) < 4.78 is 0. The summed E-state index contributed by atoms with van der Waals surface area (Å²) in [7, 11) is 1.79. The van der Waals surface area contributed by atoms with Crippen LogP contribution in [0, 0.1) is 0 Å². The minimum absolute atomic E-state index is 0.0849. The Labute approximate surface area is 112 Å². The van der Waals surface area contributed by atoms with Crippen LogP contribution in [-0.2, 0) is 0 Å². The van der Waals surface area contributed by atoms with Crippen LogP contribution in [0.4, 0.5) is 5.82 Å². The number of amides is 1. The molecule has 1 aromatic rings. The zero-order valence-corrected chi connectivity index (χ0v) is 11.4. The molecule has 1 unspecified atom stereocenters. The van der Waals surface area contributed by atoms with Crippen molar-refractivity contribution in [2.75, 3.05) is 24.7 Å². The molecule has 1 atom stereocenters. The quantitative estimate of drug-likeness (QED) is 0.876. The van der Waals surface area contributed by atoms with E-state index in [-0.39, 0.29) is 5.91 Å². The van der Waals surface area contributed by atoms with Gasteiger partial charge in [-0.05, 0) is 30.7 Å². The summed E-state index contributed by atoms with van der Waals surface area (Å²) in [5.74, 6) is 1.85. The third-order valence-electron chi connectivity index (χ3n) is 3.00. The van der Waals surface area contributed by atoms with E-state index in [4.69, 9.17) is 0 Å². The monoisotopic (exact) mass is 265 g/mol. The standard InChI is InChI=1S/C13H19N3OS/c1-14-12-7-4-6-11(16-12)13(17)15-9-10-5-2-3-8-18-10/h4,6-7,10H,2-3,5,8-9H2,1H3,(H,14,16)(H,15,17). The Morgan fingerprint density at radius 1 is 1.50 bits per heavy atom. The summed E-state index contributed by atoms with van der Waals surface area (Å²) in [5, 5.41) is 6.47. The third-order valence-corrected chi connectivity index (χ3v) is 4.40. The first kappa shape index (κ1) is 13.2. The molecule has 0 spiro atoms. The van der Waals surface area contributed by atoms with Crippen LogP contribution in [0.5, 0.6) is 0 Å². The van der Waals surface area contributed by atoms with E-state index >= 15 is 0 Å². The maximum atomic E-state index is 11.9. The van der Waals surface area contributed by atoms with Gasteiger partial charge in [0.25, 0.3) is 5.91 Å². The van der Waals surface area contributed by atoms with Crippen LogP contribution in [0.25, 0.3) is 0 Å². The number of hydrogen-bond donors (Lipinski definition) is 2. The number of aromatic nitrogens is 1. The number of nitrogens with one attached hydrogen (secondary N) is 2. The van der Waals surface area contributed by atoms with E-state index in [2.05, 4.69) is 15.6 Å². The molecule has 0 bridgehead atoms. The molecule has 2 heterocycles. The molecule has 5 heteroatoms. The molecule has 2 N–H and O–H groups in total. The summed E-state index contributed by atoms with van der Waals surface area (Å²) >= 11 is 1.96. The Balaban J connectivity index is 1.86. The Morgan fingerprint density at radius 3 is 3.11 bits per heavy atom. The third kappa shape index (κ3) is 3.63. The number of pyridine rings is 1. The van der Waals surface area contributed by atoms with Crippen LogP contribution in [0.1, 0.15) is 29.8 Å². The molecule has 0 aromatic carbocycles. The second-order valence-corrected chi connectivity index (χ2v) is 5.76. The van der Waals surface area contributed by atoms with Crippen molar-refractivity contribution in [3.05, 3.63) is 23.9 Å². The Morgan fingerprint density at radius 2 is 2.39 bits per heavy atom. The van der Waals surface area contributed by atoms with Crippen molar-refractivity contribution < 1.29 is 4.79 Å². The molecule has 98 valence electrons. The summed E-state index contributed by atoms with van der Waals surface area (Å²) in [6.45, 7) is 0.745. The molecule has 0 aliphatic carbocycles. The molecule has 4 nitrogen and oxygen atoms in total. The Hall–Kier alpha value is -1.23. The van der Waals surface area contributed by atoms with Crippen LogP contribution in [0.2, 0.25) is 0 Å². The first-order valence-corrected chi connectivity index (χ1v) is 7.39. The zero-order valence-electron chi connectivity index (χ0n) is 10.6. The van der Waals surface area contributed by atoms with Crippen LogP contribution < -0.4 is 10.6 Å². The van der Waals surface area contributed by atoms with Gasteiger partial charge in [0.2, 0.25) is 0 Å². The Bertz CT molecular complexity index is 405. The molecule has 0 saturated carbocycles. The predicted molar refractivity (Wildman–Crippen MR) is 76.2 cm³/mol. The number of anilines is 1. The van der Waals surface area contributed by atoms with Crippen molar-refractivity contribution in [1.82, 2.24) is 10.3 Å². The lowest BCUT2D eigenvalue weighted by Gasteiger charge is -2.21. The molecule has 1 aliphatic rings. The van der Waals surface area contributed by atoms with Gasteiger partial charge in [-0.1, -0.05) is 12.5 Å². The largest absolute Gasteiger partial charge is 0.373 e. The molecule has 1 aromatic heterocycles. The molecule has 1 aliphatic heterocycles. The van der Waals surface area contributed by atoms with Gasteiger partial charge in [0.15, 0.2) is 0 Å². The summed E-state index contributed by atoms with van der Waals surface area (Å²) in [5.41, 5.74) is 0.475. The molecule has 1 saturated heterocycles. The highest BCUT2D eigenvalue weighted by atomic mass is 32.2. The maximum absolute atomic E-state index is 11.9. The first-order chi connectivity index (χ1) is 8.79. The highest BCUT2D eigenvalue weighted by molar-refractivity contribution is 7.99. The van der Waals surface area contributed by atoms with E-state index in [0.717, 1.165) is 12.4 Å². The Kier molecular flexibility index (Phi) is 4.87. The first-order valence-electron chi connectivity index (χ1n) is 6.34. The number of rotatable bonds is 4. The van der Waals surface area contributed by atoms with Gasteiger partial charge in [-0.25, -0.2) is 4.98 Å². The lowest BCUT2D eigenvalue weighted by Crippen LogP contribution is -2.32. The van der Waals surface area contributed by atoms with Crippen molar-refractivity contribution in [2.24, 2.45) is 0 Å². The van der Waals surface area contributed by atoms with Gasteiger partial charge in [0.05, 0.1) is 0 Å². The molecule has 2 rings (SSSR count). The predicted octanol–water partition coefficient (Wildman–Crippen LogP) is 2.14. The van der Waals surface area contributed by atoms with E-state index in [0.29, 0.717) is 10.9 Å². The molecular weight excluding hydrogens is 246 g/mol. The second-order valence-electron chi connectivity index (χ2n) is 4.36. The number of carbonyl (C=O) groups excluding carboxylic acids is 1. The smallest absolute Gasteiger partial charge is 0.270 e. The second kappa shape index (κ2) is 6.64. The van der Waals surface area contributed by atoms with Gasteiger partial charge in [-0.3, -0.25) is 4.79 Å². The van der Waals surface area contributed by atoms with Gasteiger partial charge in [0, 0.05) is 18.8 Å². The zero-order chi connectivity index (χ0) is 12.8. The van der Waals surface area contributed by atoms with Crippen molar-refractivity contribution >= 4 is 23.5 Å². The lowest BCUT2D eigenvalue weighted by molar-refractivity contribution is 0.0948. The summed E-state index contributed by atoms with van der Waals surface area (Å²) in [6, 6.07) is 5.42. The molecule has 18 heavy (non-hydrogen) atoms. The fourth-order valence-corrected chi connectivity index (χ4v) is 3.20. The highest BCUT2D eigenvalue weighted by Gasteiger charge is 2.15. The van der Waals surface area contributed by atoms with E-state index < -0.39 is 0 Å². The highest BCUT2D eigenvalue weighted by Crippen LogP contribution is 2.24. The molecule has 0 radical (unpaired) electrons. The normalized spacial score (nSPS) is 19.3. The van der Waals surface area contributed by atoms with Crippen LogP contribution in [0.3, 0.4) is 0 Å². The SMILES string of the molecule is CNc1cccc(C(=O)NCC2CCCCS2)n1. The van der Waals surface area contributed by atoms with Gasteiger partial charge >= 0.3 is 0 Å². The molecule has 1 fully saturated rings. The van der Waals surface area contributed by atoms with Crippen molar-refractivity contribution in [3.63, 3.8) is 0 Å². The van der Waals surface area contributed by atoms with Crippen molar-refractivity contribution in [1.29, 1.82) is 0 Å².